The van der Waals surface area contributed by atoms with Gasteiger partial charge >= 0.3 is 11.9 Å². The minimum absolute atomic E-state index is 0.0882. The van der Waals surface area contributed by atoms with Gasteiger partial charge in [-0.1, -0.05) is 168 Å². The number of oxime groups is 1. The molecule has 0 aliphatic carbocycles. The zero-order valence-corrected chi connectivity index (χ0v) is 38.2. The third-order valence-electron chi connectivity index (χ3n) is 10.9. The van der Waals surface area contributed by atoms with Crippen LogP contribution in [0.3, 0.4) is 0 Å². The molecular formula is C53H68N4O6. The molecule has 336 valence electrons. The fourth-order valence-electron chi connectivity index (χ4n) is 7.43. The van der Waals surface area contributed by atoms with E-state index in [1.807, 2.05) is 99.6 Å². The fourth-order valence-corrected chi connectivity index (χ4v) is 7.43. The van der Waals surface area contributed by atoms with E-state index in [0.717, 1.165) is 57.6 Å². The predicted octanol–water partition coefficient (Wildman–Crippen LogP) is 12.4. The summed E-state index contributed by atoms with van der Waals surface area (Å²) in [4.78, 5) is 51.1. The summed E-state index contributed by atoms with van der Waals surface area (Å²) in [6.07, 6.45) is 24.5. The van der Waals surface area contributed by atoms with Crippen molar-refractivity contribution in [2.24, 2.45) is 5.16 Å². The van der Waals surface area contributed by atoms with E-state index >= 15 is 0 Å². The predicted molar refractivity (Wildman–Crippen MR) is 255 cm³/mol. The SMILES string of the molecule is CCCCCCCCCCCCCCCCNC(=O)/C=C/c1ccc(-c2nc(-c3ccc(C4=NOC(C(=O)OCC)C4)cc3)[nH]c2-c2ccc(/C=C/C(=O)OC(C)(C)C)cc2)cc1. The molecule has 63 heavy (non-hydrogen) atoms. The second kappa shape index (κ2) is 25.4. The average molecular weight is 857 g/mol. The van der Waals surface area contributed by atoms with E-state index in [-0.39, 0.29) is 12.5 Å². The maximum absolute atomic E-state index is 12.6. The van der Waals surface area contributed by atoms with Crippen molar-refractivity contribution in [2.45, 2.75) is 143 Å². The lowest BCUT2D eigenvalue weighted by Crippen LogP contribution is -2.23. The van der Waals surface area contributed by atoms with Crippen molar-refractivity contribution in [1.82, 2.24) is 15.3 Å². The summed E-state index contributed by atoms with van der Waals surface area (Å²) < 4.78 is 10.5. The Morgan fingerprint density at radius 3 is 1.79 bits per heavy atom. The van der Waals surface area contributed by atoms with Crippen LogP contribution in [0, 0.1) is 0 Å². The van der Waals surface area contributed by atoms with Crippen LogP contribution in [-0.2, 0) is 28.7 Å². The van der Waals surface area contributed by atoms with Gasteiger partial charge in [-0.3, -0.25) is 4.79 Å². The number of benzene rings is 3. The number of rotatable bonds is 25. The molecule has 10 nitrogen and oxygen atoms in total. The fraction of sp³-hybridized carbons (Fsp3) is 0.453. The Hall–Kier alpha value is -5.77. The first-order valence-electron chi connectivity index (χ1n) is 23.2. The van der Waals surface area contributed by atoms with Crippen LogP contribution in [0.15, 0.2) is 90.1 Å². The highest BCUT2D eigenvalue weighted by atomic mass is 16.7. The van der Waals surface area contributed by atoms with Gasteiger partial charge in [0.1, 0.15) is 11.4 Å². The highest BCUT2D eigenvalue weighted by Gasteiger charge is 2.30. The van der Waals surface area contributed by atoms with Crippen molar-refractivity contribution in [1.29, 1.82) is 0 Å². The lowest BCUT2D eigenvalue weighted by atomic mass is 10.0. The number of hydrogen-bond donors (Lipinski definition) is 2. The van der Waals surface area contributed by atoms with Crippen LogP contribution < -0.4 is 5.32 Å². The molecule has 0 saturated carbocycles. The van der Waals surface area contributed by atoms with Crippen molar-refractivity contribution in [2.75, 3.05) is 13.2 Å². The number of aromatic amines is 1. The Balaban J connectivity index is 1.18. The number of unbranched alkanes of at least 4 members (excludes halogenated alkanes) is 13. The summed E-state index contributed by atoms with van der Waals surface area (Å²) >= 11 is 0. The maximum Gasteiger partial charge on any atom is 0.350 e. The Morgan fingerprint density at radius 2 is 1.22 bits per heavy atom. The van der Waals surface area contributed by atoms with E-state index < -0.39 is 23.6 Å². The second-order valence-corrected chi connectivity index (χ2v) is 17.3. The lowest BCUT2D eigenvalue weighted by molar-refractivity contribution is -0.155. The third-order valence-corrected chi connectivity index (χ3v) is 10.9. The van der Waals surface area contributed by atoms with Gasteiger partial charge in [0.05, 0.1) is 23.7 Å². The van der Waals surface area contributed by atoms with Crippen molar-refractivity contribution in [3.63, 3.8) is 0 Å². The van der Waals surface area contributed by atoms with Gasteiger partial charge in [-0.05, 0) is 63.0 Å². The number of aromatic nitrogens is 2. The summed E-state index contributed by atoms with van der Waals surface area (Å²) in [7, 11) is 0. The smallest absolute Gasteiger partial charge is 0.350 e. The highest BCUT2D eigenvalue weighted by molar-refractivity contribution is 6.03. The van der Waals surface area contributed by atoms with E-state index in [1.54, 1.807) is 19.1 Å². The monoisotopic (exact) mass is 857 g/mol. The van der Waals surface area contributed by atoms with Gasteiger partial charge in [0, 0.05) is 41.8 Å². The van der Waals surface area contributed by atoms with E-state index in [9.17, 15) is 14.4 Å². The molecule has 2 heterocycles. The number of carbonyl (C=O) groups is 3. The van der Waals surface area contributed by atoms with Crippen LogP contribution in [0.4, 0.5) is 0 Å². The van der Waals surface area contributed by atoms with Crippen molar-refractivity contribution in [3.05, 3.63) is 102 Å². The summed E-state index contributed by atoms with van der Waals surface area (Å²) in [6.45, 7) is 10.5. The average Bonchev–Trinajstić information content (AvgIpc) is 3.96. The number of imidazole rings is 1. The molecule has 3 aromatic carbocycles. The van der Waals surface area contributed by atoms with Crippen LogP contribution in [-0.4, -0.2) is 58.4 Å². The minimum atomic E-state index is -0.739. The lowest BCUT2D eigenvalue weighted by Gasteiger charge is -2.17. The third kappa shape index (κ3) is 16.5. The molecule has 4 aromatic rings. The topological polar surface area (TPSA) is 132 Å². The van der Waals surface area contributed by atoms with E-state index in [0.29, 0.717) is 24.5 Å². The van der Waals surface area contributed by atoms with E-state index in [1.165, 1.54) is 83.1 Å². The molecule has 0 bridgehead atoms. The first-order valence-corrected chi connectivity index (χ1v) is 23.2. The van der Waals surface area contributed by atoms with Crippen LogP contribution in [0.25, 0.3) is 46.1 Å². The number of amides is 1. The van der Waals surface area contributed by atoms with Crippen molar-refractivity contribution < 1.29 is 28.7 Å². The molecule has 1 amide bonds. The molecular weight excluding hydrogens is 789 g/mol. The number of ether oxygens (including phenoxy) is 2. The molecule has 1 aliphatic heterocycles. The number of nitrogens with one attached hydrogen (secondary N) is 2. The summed E-state index contributed by atoms with van der Waals surface area (Å²) in [5.74, 6) is -0.233. The second-order valence-electron chi connectivity index (χ2n) is 17.3. The number of H-pyrrole nitrogens is 1. The minimum Gasteiger partial charge on any atom is -0.463 e. The molecule has 0 spiro atoms. The number of hydrogen-bond acceptors (Lipinski definition) is 8. The number of carbonyl (C=O) groups excluding carboxylic acids is 3. The van der Waals surface area contributed by atoms with Gasteiger partial charge in [-0.15, -0.1) is 0 Å². The van der Waals surface area contributed by atoms with Gasteiger partial charge in [0.25, 0.3) is 0 Å². The Bertz CT molecular complexity index is 2130. The van der Waals surface area contributed by atoms with Crippen LogP contribution in [0.2, 0.25) is 0 Å². The molecule has 1 aliphatic rings. The van der Waals surface area contributed by atoms with E-state index in [2.05, 4.69) is 22.4 Å². The van der Waals surface area contributed by atoms with Gasteiger partial charge in [-0.25, -0.2) is 14.6 Å². The number of esters is 2. The zero-order chi connectivity index (χ0) is 44.9. The van der Waals surface area contributed by atoms with Gasteiger partial charge in [0.15, 0.2) is 0 Å². The normalized spacial score (nSPS) is 13.9. The van der Waals surface area contributed by atoms with E-state index in [4.69, 9.17) is 19.3 Å². The Morgan fingerprint density at radius 1 is 0.698 bits per heavy atom. The Kier molecular flexibility index (Phi) is 19.4. The molecule has 0 saturated heterocycles. The maximum atomic E-state index is 12.6. The molecule has 0 radical (unpaired) electrons. The molecule has 5 rings (SSSR count). The summed E-state index contributed by atoms with van der Waals surface area (Å²) in [5, 5.41) is 7.18. The molecule has 0 fully saturated rings. The molecule has 1 aromatic heterocycles. The summed E-state index contributed by atoms with van der Waals surface area (Å²) in [5.41, 5.74) is 6.99. The van der Waals surface area contributed by atoms with Gasteiger partial charge < -0.3 is 24.6 Å². The zero-order valence-electron chi connectivity index (χ0n) is 38.2. The van der Waals surface area contributed by atoms with Crippen LogP contribution in [0.1, 0.15) is 148 Å². The van der Waals surface area contributed by atoms with Crippen molar-refractivity contribution >= 4 is 35.7 Å². The first-order chi connectivity index (χ1) is 30.5. The number of nitrogens with zero attached hydrogens (tertiary/aromatic N) is 2. The molecule has 1 unspecified atom stereocenters. The summed E-state index contributed by atoms with van der Waals surface area (Å²) in [6, 6.07) is 23.7. The largest absolute Gasteiger partial charge is 0.463 e. The van der Waals surface area contributed by atoms with Crippen molar-refractivity contribution in [3.8, 4) is 33.9 Å². The van der Waals surface area contributed by atoms with Crippen LogP contribution >= 0.6 is 0 Å². The molecule has 1 atom stereocenters. The highest BCUT2D eigenvalue weighted by Crippen LogP contribution is 2.34. The molecule has 2 N–H and O–H groups in total. The van der Waals surface area contributed by atoms with Gasteiger partial charge in [0.2, 0.25) is 12.0 Å². The first kappa shape index (κ1) is 48.3. The molecule has 10 heteroatoms. The van der Waals surface area contributed by atoms with Crippen LogP contribution in [0.5, 0.6) is 0 Å². The van der Waals surface area contributed by atoms with Gasteiger partial charge in [-0.2, -0.15) is 0 Å². The quantitative estimate of drug-likeness (QED) is 0.0385. The standard InChI is InChI=1S/C53H68N4O6/c1-6-8-9-10-11-12-13-14-15-16-17-18-19-20-37-54-47(58)35-25-39-21-27-42(28-22-39)49-50(43-29-23-40(24-30-43)26-36-48(59)62-53(3,4)5)56-51(55-49)44-33-31-41(32-34-44)45-38-46(63-57-45)52(60)61-7-2/h21-36,46H,6-20,37-38H2,1-5H3,(H,54,58)(H,55,56)/b35-25+,36-26+. The Labute approximate surface area is 375 Å².